The van der Waals surface area contributed by atoms with E-state index in [-0.39, 0.29) is 0 Å². The van der Waals surface area contributed by atoms with Crippen LogP contribution in [-0.2, 0) is 0 Å². The maximum Gasteiger partial charge on any atom is 0.203 e. The van der Waals surface area contributed by atoms with Crippen LogP contribution < -0.4 is 5.32 Å². The number of hydrogen-bond donors (Lipinski definition) is 1. The van der Waals surface area contributed by atoms with Gasteiger partial charge in [0.25, 0.3) is 0 Å². The Morgan fingerprint density at radius 2 is 2.16 bits per heavy atom. The third-order valence-corrected chi connectivity index (χ3v) is 5.44. The molecule has 1 aliphatic carbocycles. The van der Waals surface area contributed by atoms with Crippen LogP contribution in [0, 0.1) is 6.92 Å². The molecule has 0 atom stereocenters. The lowest BCUT2D eigenvalue weighted by Crippen LogP contribution is -2.30. The van der Waals surface area contributed by atoms with Crippen molar-refractivity contribution in [3.8, 4) is 0 Å². The molecule has 0 aromatic carbocycles. The Balaban J connectivity index is 1.82. The molecular weight excluding hydrogens is 258 g/mol. The highest BCUT2D eigenvalue weighted by molar-refractivity contribution is 8.00. The van der Waals surface area contributed by atoms with Gasteiger partial charge < -0.3 is 5.32 Å². The number of fused-ring (bicyclic) bond motifs is 1. The average Bonchev–Trinajstić information content (AvgIpc) is 3.05. The van der Waals surface area contributed by atoms with E-state index in [0.29, 0.717) is 4.75 Å². The SMILES string of the molecule is CSC1(CNc2nccn3c(C)nnc23)CCCC1. The van der Waals surface area contributed by atoms with Crippen LogP contribution >= 0.6 is 11.8 Å². The molecule has 0 aliphatic heterocycles. The predicted octanol–water partition coefficient (Wildman–Crippen LogP) is 2.52. The molecule has 1 aliphatic rings. The molecule has 0 bridgehead atoms. The van der Waals surface area contributed by atoms with Gasteiger partial charge in [0.1, 0.15) is 5.82 Å². The molecule has 0 amide bonds. The topological polar surface area (TPSA) is 55.1 Å². The summed E-state index contributed by atoms with van der Waals surface area (Å²) in [5.74, 6) is 1.73. The number of aromatic nitrogens is 4. The molecule has 1 fully saturated rings. The van der Waals surface area contributed by atoms with Gasteiger partial charge in [-0.25, -0.2) is 4.98 Å². The summed E-state index contributed by atoms with van der Waals surface area (Å²) in [5, 5.41) is 11.8. The molecule has 0 spiro atoms. The number of hydrogen-bond acceptors (Lipinski definition) is 5. The van der Waals surface area contributed by atoms with Gasteiger partial charge in [-0.2, -0.15) is 11.8 Å². The Hall–Kier alpha value is -1.30. The van der Waals surface area contributed by atoms with Crippen LogP contribution in [0.5, 0.6) is 0 Å². The van der Waals surface area contributed by atoms with Crippen molar-refractivity contribution in [3.63, 3.8) is 0 Å². The summed E-state index contributed by atoms with van der Waals surface area (Å²) in [5.41, 5.74) is 0.814. The van der Waals surface area contributed by atoms with E-state index < -0.39 is 0 Å². The van der Waals surface area contributed by atoms with Crippen LogP contribution in [0.2, 0.25) is 0 Å². The first-order valence-electron chi connectivity index (χ1n) is 6.69. The van der Waals surface area contributed by atoms with Crippen LogP contribution in [0.4, 0.5) is 5.82 Å². The monoisotopic (exact) mass is 277 g/mol. The minimum atomic E-state index is 0.365. The first-order valence-corrected chi connectivity index (χ1v) is 7.92. The third-order valence-electron chi connectivity index (χ3n) is 4.02. The van der Waals surface area contributed by atoms with Gasteiger partial charge in [0.2, 0.25) is 5.65 Å². The van der Waals surface area contributed by atoms with Gasteiger partial charge in [0.15, 0.2) is 5.82 Å². The zero-order valence-electron chi connectivity index (χ0n) is 11.4. The second-order valence-electron chi connectivity index (χ2n) is 5.16. The summed E-state index contributed by atoms with van der Waals surface area (Å²) in [6, 6.07) is 0. The van der Waals surface area contributed by atoms with Crippen molar-refractivity contribution in [2.45, 2.75) is 37.4 Å². The zero-order valence-corrected chi connectivity index (χ0v) is 12.2. The fourth-order valence-electron chi connectivity index (χ4n) is 2.78. The maximum atomic E-state index is 4.40. The number of aryl methyl sites for hydroxylation is 1. The lowest BCUT2D eigenvalue weighted by atomic mass is 10.1. The van der Waals surface area contributed by atoms with Gasteiger partial charge in [-0.3, -0.25) is 4.40 Å². The number of thioether (sulfide) groups is 1. The fourth-order valence-corrected chi connectivity index (χ4v) is 3.70. The van der Waals surface area contributed by atoms with Crippen LogP contribution in [-0.4, -0.2) is 37.1 Å². The van der Waals surface area contributed by atoms with Gasteiger partial charge in [-0.1, -0.05) is 12.8 Å². The summed E-state index contributed by atoms with van der Waals surface area (Å²) < 4.78 is 2.33. The fraction of sp³-hybridized carbons (Fsp3) is 0.615. The highest BCUT2D eigenvalue weighted by Gasteiger charge is 2.32. The summed E-state index contributed by atoms with van der Waals surface area (Å²) in [4.78, 5) is 4.40. The average molecular weight is 277 g/mol. The highest BCUT2D eigenvalue weighted by Crippen LogP contribution is 2.40. The van der Waals surface area contributed by atoms with E-state index in [1.807, 2.05) is 29.3 Å². The van der Waals surface area contributed by atoms with E-state index in [2.05, 4.69) is 26.8 Å². The van der Waals surface area contributed by atoms with Crippen molar-refractivity contribution >= 4 is 23.2 Å². The largest absolute Gasteiger partial charge is 0.366 e. The molecule has 2 aromatic rings. The van der Waals surface area contributed by atoms with Crippen LogP contribution in [0.25, 0.3) is 5.65 Å². The van der Waals surface area contributed by atoms with Crippen molar-refractivity contribution in [3.05, 3.63) is 18.2 Å². The van der Waals surface area contributed by atoms with E-state index in [1.165, 1.54) is 25.7 Å². The van der Waals surface area contributed by atoms with Gasteiger partial charge in [0.05, 0.1) is 0 Å². The first-order chi connectivity index (χ1) is 9.24. The molecule has 2 aromatic heterocycles. The van der Waals surface area contributed by atoms with E-state index in [1.54, 1.807) is 6.20 Å². The zero-order chi connectivity index (χ0) is 13.3. The summed E-state index contributed by atoms with van der Waals surface area (Å²) in [6.45, 7) is 2.90. The maximum absolute atomic E-state index is 4.40. The van der Waals surface area contributed by atoms with Gasteiger partial charge in [-0.05, 0) is 26.0 Å². The van der Waals surface area contributed by atoms with Gasteiger partial charge in [-0.15, -0.1) is 10.2 Å². The Labute approximate surface area is 117 Å². The van der Waals surface area contributed by atoms with Crippen LogP contribution in [0.3, 0.4) is 0 Å². The van der Waals surface area contributed by atoms with Crippen molar-refractivity contribution in [1.29, 1.82) is 0 Å². The van der Waals surface area contributed by atoms with Crippen molar-refractivity contribution in [2.75, 3.05) is 18.1 Å². The second kappa shape index (κ2) is 5.00. The first kappa shape index (κ1) is 12.7. The minimum absolute atomic E-state index is 0.365. The molecule has 5 nitrogen and oxygen atoms in total. The molecule has 6 heteroatoms. The lowest BCUT2D eigenvalue weighted by Gasteiger charge is -2.27. The molecule has 0 radical (unpaired) electrons. The quantitative estimate of drug-likeness (QED) is 0.930. The normalized spacial score (nSPS) is 18.0. The van der Waals surface area contributed by atoms with Gasteiger partial charge >= 0.3 is 0 Å². The van der Waals surface area contributed by atoms with Crippen molar-refractivity contribution < 1.29 is 0 Å². The molecular formula is C13H19N5S. The predicted molar refractivity (Wildman–Crippen MR) is 78.7 cm³/mol. The van der Waals surface area contributed by atoms with E-state index >= 15 is 0 Å². The van der Waals surface area contributed by atoms with Crippen LogP contribution in [0.15, 0.2) is 12.4 Å². The molecule has 2 heterocycles. The van der Waals surface area contributed by atoms with Crippen LogP contribution in [0.1, 0.15) is 31.5 Å². The summed E-state index contributed by atoms with van der Waals surface area (Å²) >= 11 is 1.98. The Morgan fingerprint density at radius 3 is 2.89 bits per heavy atom. The lowest BCUT2D eigenvalue weighted by molar-refractivity contribution is 0.638. The van der Waals surface area contributed by atoms with Crippen molar-refractivity contribution in [1.82, 2.24) is 19.6 Å². The molecule has 3 rings (SSSR count). The van der Waals surface area contributed by atoms with E-state index in [0.717, 1.165) is 23.8 Å². The van der Waals surface area contributed by atoms with E-state index in [9.17, 15) is 0 Å². The smallest absolute Gasteiger partial charge is 0.203 e. The minimum Gasteiger partial charge on any atom is -0.366 e. The number of nitrogens with zero attached hydrogens (tertiary/aromatic N) is 4. The summed E-state index contributed by atoms with van der Waals surface area (Å²) in [6.07, 6.45) is 11.2. The Kier molecular flexibility index (Phi) is 3.35. The Morgan fingerprint density at radius 1 is 1.37 bits per heavy atom. The summed E-state index contributed by atoms with van der Waals surface area (Å²) in [7, 11) is 0. The number of nitrogens with one attached hydrogen (secondary N) is 1. The highest BCUT2D eigenvalue weighted by atomic mass is 32.2. The van der Waals surface area contributed by atoms with Crippen molar-refractivity contribution in [2.24, 2.45) is 0 Å². The molecule has 0 saturated heterocycles. The number of anilines is 1. The molecule has 1 N–H and O–H groups in total. The third kappa shape index (κ3) is 2.29. The second-order valence-corrected chi connectivity index (χ2v) is 6.44. The molecule has 102 valence electrons. The number of rotatable bonds is 4. The van der Waals surface area contributed by atoms with Gasteiger partial charge in [0, 0.05) is 23.7 Å². The molecule has 0 unspecified atom stereocenters. The van der Waals surface area contributed by atoms with E-state index in [4.69, 9.17) is 0 Å². The Bertz CT molecular complexity index is 573. The molecule has 19 heavy (non-hydrogen) atoms. The standard InChI is InChI=1S/C13H19N5S/c1-10-16-17-12-11(14-7-8-18(10)12)15-9-13(19-2)5-3-4-6-13/h7-8H,3-6,9H2,1-2H3,(H,14,15). The molecule has 1 saturated carbocycles.